The molecule has 0 N–H and O–H groups in total. The van der Waals surface area contributed by atoms with Gasteiger partial charge in [0.1, 0.15) is 0 Å². The van der Waals surface area contributed by atoms with Gasteiger partial charge in [-0.3, -0.25) is 4.79 Å². The maximum atomic E-state index is 10.7. The molecule has 0 heterocycles. The number of ether oxygens (including phenoxy) is 1. The van der Waals surface area contributed by atoms with E-state index in [4.69, 9.17) is 0 Å². The second-order valence-corrected chi connectivity index (χ2v) is 3.11. The van der Waals surface area contributed by atoms with Crippen LogP contribution in [0, 0.1) is 11.8 Å². The van der Waals surface area contributed by atoms with E-state index < -0.39 is 5.97 Å². The molecule has 0 aromatic carbocycles. The highest BCUT2D eigenvalue weighted by Crippen LogP contribution is 2.43. The van der Waals surface area contributed by atoms with Crippen molar-refractivity contribution in [2.45, 2.75) is 19.3 Å². The van der Waals surface area contributed by atoms with Crippen molar-refractivity contribution in [3.05, 3.63) is 0 Å². The standard InChI is InChI=1S/C8H12O4/c1-12-8(11)4-6-2-5(6)3-7(9)10/h5-6H,2-4H2,1H3,(H,9,10)/p-1/t5-,6+/m1/s1. The molecular weight excluding hydrogens is 160 g/mol. The second kappa shape index (κ2) is 3.56. The number of hydrogen-bond acceptors (Lipinski definition) is 4. The van der Waals surface area contributed by atoms with E-state index in [9.17, 15) is 14.7 Å². The van der Waals surface area contributed by atoms with Crippen molar-refractivity contribution in [3.8, 4) is 0 Å². The number of carbonyl (C=O) groups is 2. The lowest BCUT2D eigenvalue weighted by Gasteiger charge is -1.99. The molecule has 1 aliphatic carbocycles. The Hall–Kier alpha value is -1.06. The number of carboxylic acids is 1. The summed E-state index contributed by atoms with van der Waals surface area (Å²) >= 11 is 0. The average Bonchev–Trinajstić information content (AvgIpc) is 2.66. The molecule has 0 amide bonds. The van der Waals surface area contributed by atoms with E-state index in [-0.39, 0.29) is 24.2 Å². The maximum absolute atomic E-state index is 10.7. The molecule has 4 nitrogen and oxygen atoms in total. The molecule has 4 heteroatoms. The molecule has 1 rings (SSSR count). The van der Waals surface area contributed by atoms with Crippen molar-refractivity contribution in [2.75, 3.05) is 7.11 Å². The van der Waals surface area contributed by atoms with Crippen molar-refractivity contribution in [1.29, 1.82) is 0 Å². The zero-order chi connectivity index (χ0) is 9.14. The van der Waals surface area contributed by atoms with E-state index in [0.29, 0.717) is 6.42 Å². The minimum atomic E-state index is -1.03. The summed E-state index contributed by atoms with van der Waals surface area (Å²) in [4.78, 5) is 20.8. The number of hydrogen-bond donors (Lipinski definition) is 0. The number of rotatable bonds is 4. The zero-order valence-corrected chi connectivity index (χ0v) is 6.91. The van der Waals surface area contributed by atoms with Crippen LogP contribution in [0.25, 0.3) is 0 Å². The minimum Gasteiger partial charge on any atom is -0.550 e. The molecule has 1 aliphatic rings. The molecule has 0 aliphatic heterocycles. The van der Waals surface area contributed by atoms with E-state index in [1.54, 1.807) is 0 Å². The van der Waals surface area contributed by atoms with Gasteiger partial charge in [0.05, 0.1) is 7.11 Å². The highest BCUT2D eigenvalue weighted by Gasteiger charge is 2.38. The van der Waals surface area contributed by atoms with Crippen LogP contribution in [0.2, 0.25) is 0 Å². The number of methoxy groups -OCH3 is 1. The van der Waals surface area contributed by atoms with Crippen molar-refractivity contribution < 1.29 is 19.4 Å². The summed E-state index contributed by atoms with van der Waals surface area (Å²) in [5.41, 5.74) is 0. The Balaban J connectivity index is 2.16. The second-order valence-electron chi connectivity index (χ2n) is 3.11. The average molecular weight is 171 g/mol. The van der Waals surface area contributed by atoms with Crippen LogP contribution in [0.4, 0.5) is 0 Å². The molecule has 0 aromatic rings. The largest absolute Gasteiger partial charge is 0.550 e. The Labute approximate surface area is 70.5 Å². The molecule has 12 heavy (non-hydrogen) atoms. The first kappa shape index (κ1) is 9.03. The minimum absolute atomic E-state index is 0.0711. The topological polar surface area (TPSA) is 66.4 Å². The van der Waals surface area contributed by atoms with Gasteiger partial charge in [-0.25, -0.2) is 0 Å². The first-order valence-corrected chi connectivity index (χ1v) is 3.90. The number of carbonyl (C=O) groups excluding carboxylic acids is 2. The summed E-state index contributed by atoms with van der Waals surface area (Å²) in [6.07, 6.45) is 1.22. The molecule has 0 bridgehead atoms. The molecular formula is C8H11O4-. The molecule has 2 atom stereocenters. The van der Waals surface area contributed by atoms with Gasteiger partial charge in [0.15, 0.2) is 0 Å². The Morgan fingerprint density at radius 3 is 2.50 bits per heavy atom. The van der Waals surface area contributed by atoms with Gasteiger partial charge in [-0.15, -0.1) is 0 Å². The van der Waals surface area contributed by atoms with E-state index in [2.05, 4.69) is 4.74 Å². The van der Waals surface area contributed by atoms with Gasteiger partial charge in [0, 0.05) is 12.4 Å². The lowest BCUT2D eigenvalue weighted by Crippen LogP contribution is -2.22. The van der Waals surface area contributed by atoms with E-state index >= 15 is 0 Å². The summed E-state index contributed by atoms with van der Waals surface area (Å²) in [6.45, 7) is 0. The highest BCUT2D eigenvalue weighted by molar-refractivity contribution is 5.70. The quantitative estimate of drug-likeness (QED) is 0.526. The van der Waals surface area contributed by atoms with Crippen LogP contribution in [0.5, 0.6) is 0 Å². The molecule has 0 saturated heterocycles. The van der Waals surface area contributed by atoms with Crippen LogP contribution in [0.15, 0.2) is 0 Å². The highest BCUT2D eigenvalue weighted by atomic mass is 16.5. The van der Waals surface area contributed by atoms with Crippen molar-refractivity contribution >= 4 is 11.9 Å². The fraction of sp³-hybridized carbons (Fsp3) is 0.750. The zero-order valence-electron chi connectivity index (χ0n) is 6.91. The Kier molecular flexibility index (Phi) is 2.68. The van der Waals surface area contributed by atoms with Gasteiger partial charge < -0.3 is 14.6 Å². The molecule has 1 saturated carbocycles. The summed E-state index contributed by atoms with van der Waals surface area (Å²) in [5, 5.41) is 10.1. The fourth-order valence-electron chi connectivity index (χ4n) is 1.32. The molecule has 0 aromatic heterocycles. The summed E-state index contributed by atoms with van der Waals surface area (Å²) in [5.74, 6) is -0.960. The lowest BCUT2D eigenvalue weighted by molar-refractivity contribution is -0.306. The summed E-state index contributed by atoms with van der Waals surface area (Å²) < 4.78 is 4.45. The van der Waals surface area contributed by atoms with Gasteiger partial charge >= 0.3 is 5.97 Å². The van der Waals surface area contributed by atoms with Crippen LogP contribution in [0.1, 0.15) is 19.3 Å². The third kappa shape index (κ3) is 2.53. The van der Waals surface area contributed by atoms with E-state index in [1.807, 2.05) is 0 Å². The number of aliphatic carboxylic acids is 1. The molecule has 1 fully saturated rings. The first-order chi connectivity index (χ1) is 5.63. The van der Waals surface area contributed by atoms with Crippen LogP contribution in [0.3, 0.4) is 0 Å². The predicted molar refractivity (Wildman–Crippen MR) is 37.9 cm³/mol. The van der Waals surface area contributed by atoms with Crippen LogP contribution in [-0.2, 0) is 14.3 Å². The van der Waals surface area contributed by atoms with Gasteiger partial charge in [0.25, 0.3) is 0 Å². The van der Waals surface area contributed by atoms with Gasteiger partial charge in [-0.05, 0) is 24.7 Å². The van der Waals surface area contributed by atoms with Crippen molar-refractivity contribution in [1.82, 2.24) is 0 Å². The van der Waals surface area contributed by atoms with Gasteiger partial charge in [-0.2, -0.15) is 0 Å². The van der Waals surface area contributed by atoms with E-state index in [0.717, 1.165) is 6.42 Å². The lowest BCUT2D eigenvalue weighted by atomic mass is 10.2. The van der Waals surface area contributed by atoms with Crippen LogP contribution >= 0.6 is 0 Å². The molecule has 0 unspecified atom stereocenters. The van der Waals surface area contributed by atoms with Crippen molar-refractivity contribution in [2.24, 2.45) is 11.8 Å². The summed E-state index contributed by atoms with van der Waals surface area (Å²) in [7, 11) is 1.33. The SMILES string of the molecule is COC(=O)C[C@@H]1C[C@@H]1CC(=O)[O-]. The Morgan fingerprint density at radius 1 is 1.42 bits per heavy atom. The third-order valence-corrected chi connectivity index (χ3v) is 2.15. The molecule has 0 radical (unpaired) electrons. The molecule has 0 spiro atoms. The number of carboxylic acid groups (broad SMARTS) is 1. The third-order valence-electron chi connectivity index (χ3n) is 2.15. The predicted octanol–water partition coefficient (Wildman–Crippen LogP) is -0.674. The molecule has 68 valence electrons. The monoisotopic (exact) mass is 171 g/mol. The number of esters is 1. The van der Waals surface area contributed by atoms with Crippen molar-refractivity contribution in [3.63, 3.8) is 0 Å². The fourth-order valence-corrected chi connectivity index (χ4v) is 1.32. The Bertz CT molecular complexity index is 199. The summed E-state index contributed by atoms with van der Waals surface area (Å²) in [6, 6.07) is 0. The van der Waals surface area contributed by atoms with Crippen LogP contribution in [-0.4, -0.2) is 19.0 Å². The van der Waals surface area contributed by atoms with Gasteiger partial charge in [-0.1, -0.05) is 0 Å². The normalized spacial score (nSPS) is 26.4. The Morgan fingerprint density at radius 2 is 2.00 bits per heavy atom. The smallest absolute Gasteiger partial charge is 0.305 e. The van der Waals surface area contributed by atoms with Gasteiger partial charge in [0.2, 0.25) is 0 Å². The first-order valence-electron chi connectivity index (χ1n) is 3.90. The van der Waals surface area contributed by atoms with Crippen LogP contribution < -0.4 is 5.11 Å². The maximum Gasteiger partial charge on any atom is 0.305 e. The van der Waals surface area contributed by atoms with E-state index in [1.165, 1.54) is 7.11 Å².